The first kappa shape index (κ1) is 8.54. The second-order valence-corrected chi connectivity index (χ2v) is 2.93. The first-order valence-corrected chi connectivity index (χ1v) is 3.84. The van der Waals surface area contributed by atoms with E-state index in [1.807, 2.05) is 0 Å². The molecule has 0 atom stereocenters. The Morgan fingerprint density at radius 3 is 2.43 bits per heavy atom. The van der Waals surface area contributed by atoms with E-state index in [1.165, 1.54) is 18.7 Å². The number of hydrogen-bond donors (Lipinski definition) is 1. The second kappa shape index (κ2) is 2.47. The number of fused-ring (bicyclic) bond motifs is 1. The van der Waals surface area contributed by atoms with Gasteiger partial charge in [-0.1, -0.05) is 0 Å². The van der Waals surface area contributed by atoms with Gasteiger partial charge in [-0.2, -0.15) is 4.99 Å². The van der Waals surface area contributed by atoms with Crippen molar-refractivity contribution < 1.29 is 0 Å². The first-order valence-electron chi connectivity index (χ1n) is 3.84. The fraction of sp³-hybridized carbons (Fsp3) is 0.286. The van der Waals surface area contributed by atoms with E-state index in [9.17, 15) is 9.59 Å². The lowest BCUT2D eigenvalue weighted by molar-refractivity contribution is 0.648. The summed E-state index contributed by atoms with van der Waals surface area (Å²) in [5.74, 6) is -0.252. The minimum absolute atomic E-state index is 0.0552. The van der Waals surface area contributed by atoms with Crippen LogP contribution in [0.4, 0.5) is 0 Å². The molecular formula is C7H7N5O2. The highest BCUT2D eigenvalue weighted by molar-refractivity contribution is 5.79. The van der Waals surface area contributed by atoms with Gasteiger partial charge in [-0.05, 0) is 0 Å². The fourth-order valence-corrected chi connectivity index (χ4v) is 1.27. The zero-order valence-electron chi connectivity index (χ0n) is 7.61. The Morgan fingerprint density at radius 2 is 1.79 bits per heavy atom. The zero-order valence-corrected chi connectivity index (χ0v) is 7.61. The Bertz CT molecular complexity index is 663. The lowest BCUT2D eigenvalue weighted by Gasteiger charge is -1.98. The van der Waals surface area contributed by atoms with Gasteiger partial charge in [0.25, 0.3) is 5.56 Å². The van der Waals surface area contributed by atoms with Gasteiger partial charge in [-0.3, -0.25) is 19.3 Å². The van der Waals surface area contributed by atoms with Crippen molar-refractivity contribution in [2.45, 2.75) is 0 Å². The Kier molecular flexibility index (Phi) is 1.51. The Morgan fingerprint density at radius 1 is 1.14 bits per heavy atom. The molecule has 0 aromatic carbocycles. The molecule has 0 fully saturated rings. The predicted molar refractivity (Wildman–Crippen MR) is 47.0 cm³/mol. The summed E-state index contributed by atoms with van der Waals surface area (Å²) >= 11 is 0. The van der Waals surface area contributed by atoms with Crippen molar-refractivity contribution in [2.24, 2.45) is 24.1 Å². The van der Waals surface area contributed by atoms with Gasteiger partial charge >= 0.3 is 5.69 Å². The summed E-state index contributed by atoms with van der Waals surface area (Å²) in [6.45, 7) is 0. The standard InChI is InChI=1S/C7H7N5O2/c1-11-4-3(9-6(8)10-4)5(13)12(2)7(11)14/h8H,1-2H3. The lowest BCUT2D eigenvalue weighted by Crippen LogP contribution is -2.55. The summed E-state index contributed by atoms with van der Waals surface area (Å²) in [5.41, 5.74) is -0.834. The van der Waals surface area contributed by atoms with E-state index in [1.54, 1.807) is 0 Å². The highest BCUT2D eigenvalue weighted by Crippen LogP contribution is 1.76. The molecule has 0 bridgehead atoms. The summed E-state index contributed by atoms with van der Waals surface area (Å²) in [4.78, 5) is 30.2. The summed E-state index contributed by atoms with van der Waals surface area (Å²) in [7, 11) is 2.85. The molecule has 0 radical (unpaired) electrons. The molecule has 0 saturated carbocycles. The van der Waals surface area contributed by atoms with E-state index in [4.69, 9.17) is 5.41 Å². The van der Waals surface area contributed by atoms with Crippen molar-refractivity contribution in [1.82, 2.24) is 9.13 Å². The lowest BCUT2D eigenvalue weighted by atomic mass is 10.5. The van der Waals surface area contributed by atoms with E-state index in [0.717, 1.165) is 4.57 Å². The molecule has 1 aromatic heterocycles. The van der Waals surface area contributed by atoms with Crippen molar-refractivity contribution in [1.29, 1.82) is 5.41 Å². The molecule has 2 rings (SSSR count). The smallest absolute Gasteiger partial charge is 0.279 e. The molecule has 7 nitrogen and oxygen atoms in total. The van der Waals surface area contributed by atoms with Crippen molar-refractivity contribution in [3.8, 4) is 0 Å². The van der Waals surface area contributed by atoms with E-state index in [2.05, 4.69) is 9.98 Å². The van der Waals surface area contributed by atoms with Crippen molar-refractivity contribution in [3.05, 3.63) is 31.7 Å². The zero-order chi connectivity index (χ0) is 10.5. The summed E-state index contributed by atoms with van der Waals surface area (Å²) in [6.07, 6.45) is 0. The van der Waals surface area contributed by atoms with Crippen molar-refractivity contribution in [2.75, 3.05) is 0 Å². The molecule has 0 unspecified atom stereocenters. The van der Waals surface area contributed by atoms with Crippen LogP contribution in [-0.2, 0) is 14.1 Å². The number of hydrogen-bond acceptors (Lipinski definition) is 3. The van der Waals surface area contributed by atoms with Crippen LogP contribution in [0.3, 0.4) is 0 Å². The van der Waals surface area contributed by atoms with Crippen LogP contribution >= 0.6 is 0 Å². The molecule has 0 saturated heterocycles. The Hall–Kier alpha value is -2.05. The molecule has 1 aromatic rings. The highest BCUT2D eigenvalue weighted by Gasteiger charge is 2.12. The predicted octanol–water partition coefficient (Wildman–Crippen LogP) is -2.73. The molecule has 1 aliphatic rings. The van der Waals surface area contributed by atoms with Crippen LogP contribution in [-0.4, -0.2) is 15.1 Å². The third kappa shape index (κ3) is 0.889. The molecule has 0 spiro atoms. The largest absolute Gasteiger partial charge is 0.332 e. The van der Waals surface area contributed by atoms with Crippen LogP contribution in [0.2, 0.25) is 0 Å². The fourth-order valence-electron chi connectivity index (χ4n) is 1.27. The highest BCUT2D eigenvalue weighted by atomic mass is 16.2. The number of aromatic nitrogens is 2. The number of nitrogens with zero attached hydrogens (tertiary/aromatic N) is 4. The number of nitrogens with one attached hydrogen (secondary N) is 1. The number of rotatable bonds is 0. The second-order valence-electron chi connectivity index (χ2n) is 2.93. The van der Waals surface area contributed by atoms with Gasteiger partial charge in [0.2, 0.25) is 5.96 Å². The van der Waals surface area contributed by atoms with Crippen molar-refractivity contribution in [3.63, 3.8) is 0 Å². The maximum absolute atomic E-state index is 11.5. The molecule has 14 heavy (non-hydrogen) atoms. The monoisotopic (exact) mass is 193 g/mol. The quantitative estimate of drug-likeness (QED) is 0.484. The van der Waals surface area contributed by atoms with E-state index in [0.29, 0.717) is 0 Å². The van der Waals surface area contributed by atoms with Crippen LogP contribution < -0.4 is 22.1 Å². The van der Waals surface area contributed by atoms with Gasteiger partial charge in [0, 0.05) is 14.1 Å². The molecule has 0 amide bonds. The van der Waals surface area contributed by atoms with Gasteiger partial charge in [0.1, 0.15) is 0 Å². The van der Waals surface area contributed by atoms with Crippen LogP contribution in [0.5, 0.6) is 0 Å². The molecule has 2 heterocycles. The van der Waals surface area contributed by atoms with Gasteiger partial charge in [-0.15, -0.1) is 0 Å². The topological polar surface area (TPSA) is 92.6 Å². The maximum Gasteiger partial charge on any atom is 0.332 e. The van der Waals surface area contributed by atoms with Gasteiger partial charge < -0.3 is 0 Å². The molecule has 7 heteroatoms. The van der Waals surface area contributed by atoms with Gasteiger partial charge in [0.15, 0.2) is 10.8 Å². The van der Waals surface area contributed by atoms with E-state index < -0.39 is 11.2 Å². The average molecular weight is 193 g/mol. The molecular weight excluding hydrogens is 186 g/mol. The van der Waals surface area contributed by atoms with E-state index >= 15 is 0 Å². The molecule has 1 N–H and O–H groups in total. The summed E-state index contributed by atoms with van der Waals surface area (Å²) in [6, 6.07) is 0. The normalized spacial score (nSPS) is 13.4. The minimum Gasteiger partial charge on any atom is -0.279 e. The summed E-state index contributed by atoms with van der Waals surface area (Å²) < 4.78 is 2.14. The molecule has 72 valence electrons. The van der Waals surface area contributed by atoms with Crippen LogP contribution in [0.25, 0.3) is 0 Å². The number of guanidine groups is 1. The van der Waals surface area contributed by atoms with Crippen molar-refractivity contribution >= 4 is 5.96 Å². The van der Waals surface area contributed by atoms with E-state index in [-0.39, 0.29) is 16.8 Å². The third-order valence-electron chi connectivity index (χ3n) is 2.04. The average Bonchev–Trinajstić information content (AvgIpc) is 2.54. The van der Waals surface area contributed by atoms with Crippen LogP contribution in [0.15, 0.2) is 19.6 Å². The first-order chi connectivity index (χ1) is 6.52. The van der Waals surface area contributed by atoms with Gasteiger partial charge in [0.05, 0.1) is 0 Å². The Balaban J connectivity index is 3.24. The van der Waals surface area contributed by atoms with Crippen LogP contribution in [0.1, 0.15) is 0 Å². The Labute approximate surface area is 77.2 Å². The minimum atomic E-state index is -0.519. The summed E-state index contributed by atoms with van der Waals surface area (Å²) in [5, 5.41) is 7.23. The molecule has 1 aliphatic heterocycles. The van der Waals surface area contributed by atoms with Crippen LogP contribution in [0, 0.1) is 5.41 Å². The van der Waals surface area contributed by atoms with Gasteiger partial charge in [-0.25, -0.2) is 9.79 Å². The maximum atomic E-state index is 11.5. The molecule has 0 aliphatic carbocycles. The SMILES string of the molecule is Cn1c(=O)c2c(n(C)c1=O)=NC(=N)N=2. The third-order valence-corrected chi connectivity index (χ3v) is 2.04.